The maximum atomic E-state index is 13.3. The number of Topliss-reactive ketones (excluding diaryl/α,β-unsaturated/α-hetero) is 2. The highest BCUT2D eigenvalue weighted by molar-refractivity contribution is 6.32. The molecule has 0 N–H and O–H groups in total. The Hall–Kier alpha value is -2.99. The van der Waals surface area contributed by atoms with Gasteiger partial charge in [-0.25, -0.2) is 4.79 Å². The van der Waals surface area contributed by atoms with Crippen molar-refractivity contribution in [1.82, 2.24) is 0 Å². The molecule has 4 rings (SSSR count). The van der Waals surface area contributed by atoms with E-state index in [4.69, 9.17) is 14.2 Å². The molecule has 132 valence electrons. The minimum absolute atomic E-state index is 0.0752. The second-order valence-electron chi connectivity index (χ2n) is 6.12. The molecule has 1 heterocycles. The summed E-state index contributed by atoms with van der Waals surface area (Å²) in [5.41, 5.74) is -2.84. The van der Waals surface area contributed by atoms with Gasteiger partial charge in [0.05, 0.1) is 13.7 Å². The van der Waals surface area contributed by atoms with Crippen LogP contribution in [-0.4, -0.2) is 36.9 Å². The first-order valence-electron chi connectivity index (χ1n) is 8.23. The van der Waals surface area contributed by atoms with Crippen LogP contribution in [0.2, 0.25) is 0 Å². The Balaban J connectivity index is 1.93. The van der Waals surface area contributed by atoms with Crippen molar-refractivity contribution in [1.29, 1.82) is 0 Å². The molecule has 26 heavy (non-hydrogen) atoms. The van der Waals surface area contributed by atoms with Crippen LogP contribution in [0.25, 0.3) is 0 Å². The third-order valence-corrected chi connectivity index (χ3v) is 4.88. The highest BCUT2D eigenvalue weighted by Gasteiger charge is 2.86. The van der Waals surface area contributed by atoms with E-state index in [0.29, 0.717) is 11.3 Å². The lowest BCUT2D eigenvalue weighted by Gasteiger charge is -2.24. The van der Waals surface area contributed by atoms with Gasteiger partial charge in [-0.15, -0.1) is 0 Å². The average molecular weight is 352 g/mol. The van der Waals surface area contributed by atoms with Crippen molar-refractivity contribution in [2.75, 3.05) is 13.7 Å². The van der Waals surface area contributed by atoms with E-state index in [9.17, 15) is 14.4 Å². The van der Waals surface area contributed by atoms with E-state index in [1.54, 1.807) is 49.4 Å². The highest BCUT2D eigenvalue weighted by atomic mass is 16.7. The van der Waals surface area contributed by atoms with Crippen molar-refractivity contribution in [2.24, 2.45) is 0 Å². The molecule has 0 aromatic heterocycles. The molecule has 0 bridgehead atoms. The van der Waals surface area contributed by atoms with Crippen molar-refractivity contribution in [3.05, 3.63) is 65.2 Å². The van der Waals surface area contributed by atoms with Crippen molar-refractivity contribution < 1.29 is 28.6 Å². The van der Waals surface area contributed by atoms with Crippen LogP contribution in [0.3, 0.4) is 0 Å². The van der Waals surface area contributed by atoms with Crippen LogP contribution in [0.4, 0.5) is 0 Å². The number of esters is 1. The van der Waals surface area contributed by atoms with E-state index in [1.165, 1.54) is 13.2 Å². The van der Waals surface area contributed by atoms with Crippen molar-refractivity contribution in [3.8, 4) is 5.75 Å². The zero-order chi connectivity index (χ0) is 18.5. The number of hydrogen-bond acceptors (Lipinski definition) is 6. The van der Waals surface area contributed by atoms with E-state index in [0.717, 1.165) is 0 Å². The fraction of sp³-hybridized carbons (Fsp3) is 0.250. The Morgan fingerprint density at radius 1 is 1.00 bits per heavy atom. The largest absolute Gasteiger partial charge is 0.497 e. The quantitative estimate of drug-likeness (QED) is 0.477. The second kappa shape index (κ2) is 5.51. The minimum Gasteiger partial charge on any atom is -0.497 e. The molecule has 0 saturated carbocycles. The lowest BCUT2D eigenvalue weighted by Crippen LogP contribution is -2.49. The molecular weight excluding hydrogens is 336 g/mol. The van der Waals surface area contributed by atoms with Crippen LogP contribution < -0.4 is 4.74 Å². The Morgan fingerprint density at radius 2 is 1.62 bits per heavy atom. The van der Waals surface area contributed by atoms with Crippen molar-refractivity contribution >= 4 is 17.5 Å². The lowest BCUT2D eigenvalue weighted by atomic mass is 9.71. The maximum absolute atomic E-state index is 13.3. The predicted molar refractivity (Wildman–Crippen MR) is 90.2 cm³/mol. The molecule has 0 amide bonds. The number of epoxide rings is 1. The molecule has 2 atom stereocenters. The summed E-state index contributed by atoms with van der Waals surface area (Å²) in [5.74, 6) is -1.24. The summed E-state index contributed by atoms with van der Waals surface area (Å²) in [4.78, 5) is 39.1. The maximum Gasteiger partial charge on any atom is 0.350 e. The summed E-state index contributed by atoms with van der Waals surface area (Å²) in [6.07, 6.45) is 0. The highest BCUT2D eigenvalue weighted by Crippen LogP contribution is 2.62. The fourth-order valence-electron chi connectivity index (χ4n) is 3.60. The number of ketones is 2. The molecule has 2 aromatic carbocycles. The first-order valence-corrected chi connectivity index (χ1v) is 8.23. The molecule has 1 aliphatic carbocycles. The third kappa shape index (κ3) is 1.82. The molecule has 0 radical (unpaired) electrons. The van der Waals surface area contributed by atoms with Gasteiger partial charge in [-0.3, -0.25) is 9.59 Å². The Kier molecular flexibility index (Phi) is 3.49. The molecule has 2 aromatic rings. The Bertz CT molecular complexity index is 932. The number of carbonyl (C=O) groups is 3. The smallest absolute Gasteiger partial charge is 0.350 e. The SMILES string of the molecule is CCOC(=O)C12OC1(c1ccc(OC)cc1)C(=O)c1ccccc1C2=O. The van der Waals surface area contributed by atoms with Crippen molar-refractivity contribution in [3.63, 3.8) is 0 Å². The Morgan fingerprint density at radius 3 is 2.19 bits per heavy atom. The summed E-state index contributed by atoms with van der Waals surface area (Å²) in [5, 5.41) is 0. The van der Waals surface area contributed by atoms with Crippen LogP contribution >= 0.6 is 0 Å². The van der Waals surface area contributed by atoms with E-state index in [1.807, 2.05) is 0 Å². The molecule has 6 nitrogen and oxygen atoms in total. The van der Waals surface area contributed by atoms with Crippen molar-refractivity contribution in [2.45, 2.75) is 18.1 Å². The molecule has 0 spiro atoms. The van der Waals surface area contributed by atoms with Gasteiger partial charge in [-0.1, -0.05) is 36.4 Å². The average Bonchev–Trinajstić information content (AvgIpc) is 3.40. The number of benzene rings is 2. The summed E-state index contributed by atoms with van der Waals surface area (Å²) in [6, 6.07) is 13.0. The molecule has 2 unspecified atom stereocenters. The standard InChI is InChI=1S/C20H16O6/c1-3-25-18(23)20-17(22)15-7-5-4-6-14(15)16(21)19(20,26-20)12-8-10-13(24-2)11-9-12/h4-11H,3H2,1-2H3. The zero-order valence-electron chi connectivity index (χ0n) is 14.3. The van der Waals surface area contributed by atoms with E-state index < -0.39 is 28.7 Å². The number of carbonyl (C=O) groups excluding carboxylic acids is 3. The summed E-state index contributed by atoms with van der Waals surface area (Å²) in [7, 11) is 1.52. The van der Waals surface area contributed by atoms with Crippen LogP contribution in [0.1, 0.15) is 33.2 Å². The van der Waals surface area contributed by atoms with E-state index >= 15 is 0 Å². The number of rotatable bonds is 4. The van der Waals surface area contributed by atoms with Gasteiger partial charge in [0.2, 0.25) is 17.2 Å². The molecule has 6 heteroatoms. The molecule has 2 aliphatic rings. The molecule has 1 aliphatic heterocycles. The number of ether oxygens (including phenoxy) is 3. The van der Waals surface area contributed by atoms with Crippen LogP contribution in [0, 0.1) is 0 Å². The number of methoxy groups -OCH3 is 1. The first kappa shape index (κ1) is 16.5. The van der Waals surface area contributed by atoms with Gasteiger partial charge in [-0.2, -0.15) is 0 Å². The molecule has 1 saturated heterocycles. The number of hydrogen-bond donors (Lipinski definition) is 0. The first-order chi connectivity index (χ1) is 12.5. The summed E-state index contributed by atoms with van der Waals surface area (Å²) < 4.78 is 15.9. The number of fused-ring (bicyclic) bond motifs is 2. The topological polar surface area (TPSA) is 82.2 Å². The van der Waals surface area contributed by atoms with Gasteiger partial charge in [0.1, 0.15) is 5.75 Å². The van der Waals surface area contributed by atoms with E-state index in [2.05, 4.69) is 0 Å². The molecular formula is C20H16O6. The van der Waals surface area contributed by atoms with Crippen LogP contribution in [-0.2, 0) is 19.9 Å². The van der Waals surface area contributed by atoms with Gasteiger partial charge in [0.15, 0.2) is 0 Å². The zero-order valence-corrected chi connectivity index (χ0v) is 14.3. The third-order valence-electron chi connectivity index (χ3n) is 4.88. The normalized spacial score (nSPS) is 25.9. The second-order valence-corrected chi connectivity index (χ2v) is 6.12. The van der Waals surface area contributed by atoms with Crippen LogP contribution in [0.5, 0.6) is 5.75 Å². The fourth-order valence-corrected chi connectivity index (χ4v) is 3.60. The lowest BCUT2D eigenvalue weighted by molar-refractivity contribution is -0.147. The van der Waals surface area contributed by atoms with Gasteiger partial charge in [0.25, 0.3) is 5.60 Å². The van der Waals surface area contributed by atoms with Gasteiger partial charge >= 0.3 is 5.97 Å². The predicted octanol–water partition coefficient (Wildman–Crippen LogP) is 2.30. The van der Waals surface area contributed by atoms with E-state index in [-0.39, 0.29) is 17.7 Å². The Labute approximate surface area is 149 Å². The molecule has 1 fully saturated rings. The van der Waals surface area contributed by atoms with Crippen LogP contribution in [0.15, 0.2) is 48.5 Å². The van der Waals surface area contributed by atoms with Gasteiger partial charge < -0.3 is 14.2 Å². The van der Waals surface area contributed by atoms with Gasteiger partial charge in [-0.05, 0) is 24.6 Å². The minimum atomic E-state index is -1.97. The summed E-state index contributed by atoms with van der Waals surface area (Å²) >= 11 is 0. The van der Waals surface area contributed by atoms with Gasteiger partial charge in [0, 0.05) is 11.1 Å². The summed E-state index contributed by atoms with van der Waals surface area (Å²) in [6.45, 7) is 1.71. The monoisotopic (exact) mass is 352 g/mol.